The average molecular weight is 148 g/mol. The van der Waals surface area contributed by atoms with Gasteiger partial charge in [0, 0.05) is 6.42 Å². The molecule has 1 aliphatic heterocycles. The number of aliphatic hydroxyl groups excluding tert-OH is 3. The lowest BCUT2D eigenvalue weighted by Crippen LogP contribution is -2.47. The monoisotopic (exact) mass is 148 g/mol. The summed E-state index contributed by atoms with van der Waals surface area (Å²) >= 11 is 0. The van der Waals surface area contributed by atoms with Crippen molar-refractivity contribution in [2.75, 3.05) is 0 Å². The lowest BCUT2D eigenvalue weighted by atomic mass is 10.0. The zero-order valence-electron chi connectivity index (χ0n) is 5.77. The summed E-state index contributed by atoms with van der Waals surface area (Å²) in [5.41, 5.74) is 0. The minimum atomic E-state index is -1.24. The number of hydrogen-bond donors (Lipinski definition) is 3. The van der Waals surface area contributed by atoms with Crippen molar-refractivity contribution in [3.05, 3.63) is 0 Å². The molecule has 0 saturated carbocycles. The third-order valence-corrected chi connectivity index (χ3v) is 1.63. The van der Waals surface area contributed by atoms with Gasteiger partial charge in [-0.2, -0.15) is 0 Å². The van der Waals surface area contributed by atoms with Gasteiger partial charge in [-0.25, -0.2) is 0 Å². The van der Waals surface area contributed by atoms with Gasteiger partial charge in [0.2, 0.25) is 0 Å². The summed E-state index contributed by atoms with van der Waals surface area (Å²) in [6.45, 7) is 1.73. The lowest BCUT2D eigenvalue weighted by Gasteiger charge is -2.32. The number of ether oxygens (including phenoxy) is 1. The third kappa shape index (κ3) is 1.46. The van der Waals surface area contributed by atoms with Crippen molar-refractivity contribution < 1.29 is 20.1 Å². The molecule has 1 rings (SSSR count). The van der Waals surface area contributed by atoms with Crippen LogP contribution in [0.25, 0.3) is 0 Å². The molecule has 10 heavy (non-hydrogen) atoms. The van der Waals surface area contributed by atoms with Crippen LogP contribution in [-0.4, -0.2) is 39.9 Å². The molecule has 0 spiro atoms. The molecule has 4 atom stereocenters. The molecule has 0 amide bonds. The molecule has 4 heteroatoms. The number of rotatable bonds is 0. The molecule has 0 radical (unpaired) electrons. The summed E-state index contributed by atoms with van der Waals surface area (Å²) in [5.74, 6) is 0. The zero-order valence-corrected chi connectivity index (χ0v) is 5.77. The molecule has 4 nitrogen and oxygen atoms in total. The Morgan fingerprint density at radius 1 is 1.30 bits per heavy atom. The van der Waals surface area contributed by atoms with Crippen LogP contribution in [0.1, 0.15) is 13.3 Å². The van der Waals surface area contributed by atoms with Crippen LogP contribution in [0.15, 0.2) is 0 Å². The van der Waals surface area contributed by atoms with Crippen LogP contribution in [0, 0.1) is 0 Å². The second kappa shape index (κ2) is 2.84. The van der Waals surface area contributed by atoms with Crippen LogP contribution in [0.5, 0.6) is 0 Å². The summed E-state index contributed by atoms with van der Waals surface area (Å²) in [4.78, 5) is 0. The largest absolute Gasteiger partial charge is 0.390 e. The summed E-state index contributed by atoms with van der Waals surface area (Å²) in [5, 5.41) is 26.9. The Kier molecular flexibility index (Phi) is 2.25. The van der Waals surface area contributed by atoms with Crippen molar-refractivity contribution in [3.63, 3.8) is 0 Å². The molecular weight excluding hydrogens is 136 g/mol. The lowest BCUT2D eigenvalue weighted by molar-refractivity contribution is -0.242. The maximum absolute atomic E-state index is 9.03. The highest BCUT2D eigenvalue weighted by atomic mass is 16.6. The summed E-state index contributed by atoms with van der Waals surface area (Å²) in [6.07, 6.45) is -3.07. The van der Waals surface area contributed by atoms with Crippen molar-refractivity contribution >= 4 is 0 Å². The molecule has 1 aliphatic rings. The summed E-state index contributed by atoms with van der Waals surface area (Å²) in [7, 11) is 0. The molecule has 0 bridgehead atoms. The Balaban J connectivity index is 2.49. The standard InChI is InChI=1S/C6H12O4/c1-3-2-4(7)5(8)6(9)10-3/h3-9H,2H2,1H3/t3-,4+,5-,6?/m0/s1. The predicted octanol–water partition coefficient (Wildman–Crippen LogP) is -1.16. The zero-order chi connectivity index (χ0) is 7.72. The van der Waals surface area contributed by atoms with E-state index >= 15 is 0 Å². The van der Waals surface area contributed by atoms with Gasteiger partial charge in [-0.15, -0.1) is 0 Å². The van der Waals surface area contributed by atoms with Gasteiger partial charge in [-0.1, -0.05) is 0 Å². The van der Waals surface area contributed by atoms with Crippen LogP contribution in [-0.2, 0) is 4.74 Å². The smallest absolute Gasteiger partial charge is 0.183 e. The maximum Gasteiger partial charge on any atom is 0.183 e. The Morgan fingerprint density at radius 3 is 2.40 bits per heavy atom. The fraction of sp³-hybridized carbons (Fsp3) is 1.00. The first kappa shape index (κ1) is 7.94. The highest BCUT2D eigenvalue weighted by Gasteiger charge is 2.33. The topological polar surface area (TPSA) is 69.9 Å². The van der Waals surface area contributed by atoms with Crippen molar-refractivity contribution in [1.29, 1.82) is 0 Å². The van der Waals surface area contributed by atoms with Crippen molar-refractivity contribution in [1.82, 2.24) is 0 Å². The molecule has 1 heterocycles. The minimum Gasteiger partial charge on any atom is -0.390 e. The molecule has 1 unspecified atom stereocenters. The van der Waals surface area contributed by atoms with E-state index in [1.807, 2.05) is 0 Å². The SMILES string of the molecule is C[C@H]1C[C@@H](O)[C@H](O)C(O)O1. The van der Waals surface area contributed by atoms with E-state index in [1.54, 1.807) is 6.92 Å². The maximum atomic E-state index is 9.03. The summed E-state index contributed by atoms with van der Waals surface area (Å²) < 4.78 is 4.81. The normalized spacial score (nSPS) is 49.2. The van der Waals surface area contributed by atoms with Gasteiger partial charge in [0.15, 0.2) is 6.29 Å². The molecular formula is C6H12O4. The van der Waals surface area contributed by atoms with Gasteiger partial charge in [0.25, 0.3) is 0 Å². The third-order valence-electron chi connectivity index (χ3n) is 1.63. The molecule has 3 N–H and O–H groups in total. The number of aliphatic hydroxyl groups is 3. The molecule has 1 fully saturated rings. The van der Waals surface area contributed by atoms with Crippen LogP contribution >= 0.6 is 0 Å². The first-order valence-electron chi connectivity index (χ1n) is 3.31. The highest BCUT2D eigenvalue weighted by molar-refractivity contribution is 4.77. The first-order chi connectivity index (χ1) is 4.61. The van der Waals surface area contributed by atoms with E-state index in [9.17, 15) is 0 Å². The Bertz CT molecular complexity index is 104. The molecule has 60 valence electrons. The van der Waals surface area contributed by atoms with Gasteiger partial charge < -0.3 is 20.1 Å². The van der Waals surface area contributed by atoms with Gasteiger partial charge >= 0.3 is 0 Å². The second-order valence-corrected chi connectivity index (χ2v) is 2.63. The van der Waals surface area contributed by atoms with E-state index in [2.05, 4.69) is 0 Å². The fourth-order valence-electron chi connectivity index (χ4n) is 1.04. The van der Waals surface area contributed by atoms with E-state index in [0.29, 0.717) is 6.42 Å². The Hall–Kier alpha value is -0.160. The van der Waals surface area contributed by atoms with Crippen LogP contribution < -0.4 is 0 Å². The fourth-order valence-corrected chi connectivity index (χ4v) is 1.04. The first-order valence-corrected chi connectivity index (χ1v) is 3.31. The van der Waals surface area contributed by atoms with E-state index in [-0.39, 0.29) is 6.10 Å². The van der Waals surface area contributed by atoms with E-state index in [1.165, 1.54) is 0 Å². The van der Waals surface area contributed by atoms with E-state index in [0.717, 1.165) is 0 Å². The second-order valence-electron chi connectivity index (χ2n) is 2.63. The quantitative estimate of drug-likeness (QED) is 0.405. The molecule has 0 aromatic carbocycles. The molecule has 0 aromatic rings. The van der Waals surface area contributed by atoms with Gasteiger partial charge in [0.1, 0.15) is 6.10 Å². The highest BCUT2D eigenvalue weighted by Crippen LogP contribution is 2.17. The van der Waals surface area contributed by atoms with Crippen LogP contribution in [0.4, 0.5) is 0 Å². The van der Waals surface area contributed by atoms with Crippen molar-refractivity contribution in [3.8, 4) is 0 Å². The predicted molar refractivity (Wildman–Crippen MR) is 33.2 cm³/mol. The van der Waals surface area contributed by atoms with Crippen LogP contribution in [0.2, 0.25) is 0 Å². The number of hydrogen-bond acceptors (Lipinski definition) is 4. The average Bonchev–Trinajstić information content (AvgIpc) is 1.82. The molecule has 1 saturated heterocycles. The Labute approximate surface area is 59.1 Å². The van der Waals surface area contributed by atoms with Gasteiger partial charge in [-0.3, -0.25) is 0 Å². The molecule has 0 aromatic heterocycles. The Morgan fingerprint density at radius 2 is 1.90 bits per heavy atom. The van der Waals surface area contributed by atoms with Crippen molar-refractivity contribution in [2.24, 2.45) is 0 Å². The van der Waals surface area contributed by atoms with Crippen molar-refractivity contribution in [2.45, 2.75) is 37.9 Å². The van der Waals surface area contributed by atoms with Crippen LogP contribution in [0.3, 0.4) is 0 Å². The van der Waals surface area contributed by atoms with E-state index < -0.39 is 18.5 Å². The van der Waals surface area contributed by atoms with Gasteiger partial charge in [0.05, 0.1) is 12.2 Å². The summed E-state index contributed by atoms with van der Waals surface area (Å²) in [6, 6.07) is 0. The van der Waals surface area contributed by atoms with Gasteiger partial charge in [-0.05, 0) is 6.92 Å². The molecule has 0 aliphatic carbocycles. The van der Waals surface area contributed by atoms with E-state index in [4.69, 9.17) is 20.1 Å². The minimum absolute atomic E-state index is 0.187.